The molecule has 1 aliphatic heterocycles. The first kappa shape index (κ1) is 13.9. The summed E-state index contributed by atoms with van der Waals surface area (Å²) in [5.74, 6) is 1.56. The van der Waals surface area contributed by atoms with Gasteiger partial charge in [-0.15, -0.1) is 0 Å². The van der Waals surface area contributed by atoms with Gasteiger partial charge in [0.1, 0.15) is 0 Å². The van der Waals surface area contributed by atoms with Crippen LogP contribution in [-0.4, -0.2) is 11.8 Å². The van der Waals surface area contributed by atoms with Crippen LogP contribution in [0.5, 0.6) is 11.5 Å². The molecule has 2 aliphatic rings. The van der Waals surface area contributed by atoms with E-state index in [2.05, 4.69) is 5.32 Å². The maximum atomic E-state index is 6.23. The molecule has 120 valence electrons. The Morgan fingerprint density at radius 2 is 1.92 bits per heavy atom. The lowest BCUT2D eigenvalue weighted by Gasteiger charge is -2.15. The zero-order valence-electron chi connectivity index (χ0n) is 12.9. The summed E-state index contributed by atoms with van der Waals surface area (Å²) >= 11 is 6.23. The first-order valence-electron chi connectivity index (χ1n) is 8.05. The number of nitrogens with one attached hydrogen (secondary N) is 1. The standard InChI is InChI=1S/C19H15ClN2O2/c20-11-4-6-16-14(8-11)19(13-2-1-3-15(13)22-16)21-12-5-7-17-18(9-12)24-10-23-17/h4-9H,1-3,10H2,(H,21,22). The molecule has 1 aromatic heterocycles. The molecule has 0 radical (unpaired) electrons. The van der Waals surface area contributed by atoms with Crippen LogP contribution in [-0.2, 0) is 12.8 Å². The normalized spacial score (nSPS) is 14.9. The largest absolute Gasteiger partial charge is 0.454 e. The number of benzene rings is 2. The summed E-state index contributed by atoms with van der Waals surface area (Å²) in [6.45, 7) is 0.280. The number of aryl methyl sites for hydroxylation is 1. The number of fused-ring (bicyclic) bond motifs is 3. The molecule has 5 rings (SSSR count). The van der Waals surface area contributed by atoms with E-state index in [4.69, 9.17) is 26.1 Å². The average molecular weight is 339 g/mol. The maximum absolute atomic E-state index is 6.23. The minimum Gasteiger partial charge on any atom is -0.454 e. The highest BCUT2D eigenvalue weighted by Crippen LogP contribution is 2.39. The molecule has 0 atom stereocenters. The zero-order valence-corrected chi connectivity index (χ0v) is 13.7. The van der Waals surface area contributed by atoms with Gasteiger partial charge in [0, 0.05) is 27.9 Å². The number of anilines is 2. The van der Waals surface area contributed by atoms with E-state index in [0.29, 0.717) is 0 Å². The molecule has 0 bridgehead atoms. The van der Waals surface area contributed by atoms with Crippen LogP contribution in [0, 0.1) is 0 Å². The number of rotatable bonds is 2. The van der Waals surface area contributed by atoms with Crippen LogP contribution in [0.4, 0.5) is 11.4 Å². The van der Waals surface area contributed by atoms with Gasteiger partial charge in [0.05, 0.1) is 11.2 Å². The first-order chi connectivity index (χ1) is 11.8. The van der Waals surface area contributed by atoms with Gasteiger partial charge in [-0.1, -0.05) is 11.6 Å². The Kier molecular flexibility index (Phi) is 3.06. The van der Waals surface area contributed by atoms with E-state index in [1.165, 1.54) is 11.3 Å². The Bertz CT molecular complexity index is 971. The average Bonchev–Trinajstić information content (AvgIpc) is 3.23. The van der Waals surface area contributed by atoms with Gasteiger partial charge in [-0.2, -0.15) is 0 Å². The van der Waals surface area contributed by atoms with E-state index in [0.717, 1.165) is 58.1 Å². The van der Waals surface area contributed by atoms with E-state index in [1.807, 2.05) is 36.4 Å². The summed E-state index contributed by atoms with van der Waals surface area (Å²) in [5, 5.41) is 5.34. The second-order valence-electron chi connectivity index (χ2n) is 6.12. The van der Waals surface area contributed by atoms with Crippen molar-refractivity contribution in [3.8, 4) is 11.5 Å². The first-order valence-corrected chi connectivity index (χ1v) is 8.43. The molecule has 0 saturated heterocycles. The molecule has 0 unspecified atom stereocenters. The third-order valence-corrected chi connectivity index (χ3v) is 4.85. The molecule has 2 heterocycles. The quantitative estimate of drug-likeness (QED) is 0.725. The van der Waals surface area contributed by atoms with E-state index in [-0.39, 0.29) is 6.79 Å². The smallest absolute Gasteiger partial charge is 0.231 e. The lowest BCUT2D eigenvalue weighted by molar-refractivity contribution is 0.174. The fourth-order valence-corrected chi connectivity index (χ4v) is 3.67. The van der Waals surface area contributed by atoms with Crippen molar-refractivity contribution in [1.29, 1.82) is 0 Å². The third kappa shape index (κ3) is 2.18. The molecule has 3 aromatic rings. The van der Waals surface area contributed by atoms with Crippen molar-refractivity contribution < 1.29 is 9.47 Å². The molecular formula is C19H15ClN2O2. The SMILES string of the molecule is Clc1ccc2nc3c(c(Nc4ccc5c(c4)OCO5)c2c1)CCC3. The summed E-state index contributed by atoms with van der Waals surface area (Å²) in [5.41, 5.74) is 5.54. The highest BCUT2D eigenvalue weighted by molar-refractivity contribution is 6.31. The lowest BCUT2D eigenvalue weighted by atomic mass is 10.1. The number of halogens is 1. The highest BCUT2D eigenvalue weighted by Gasteiger charge is 2.21. The van der Waals surface area contributed by atoms with Crippen LogP contribution >= 0.6 is 11.6 Å². The Morgan fingerprint density at radius 1 is 1.00 bits per heavy atom. The summed E-state index contributed by atoms with van der Waals surface area (Å²) < 4.78 is 10.9. The molecule has 1 aliphatic carbocycles. The Morgan fingerprint density at radius 3 is 2.88 bits per heavy atom. The van der Waals surface area contributed by atoms with E-state index in [1.54, 1.807) is 0 Å². The van der Waals surface area contributed by atoms with Gasteiger partial charge in [-0.3, -0.25) is 4.98 Å². The predicted molar refractivity (Wildman–Crippen MR) is 94.6 cm³/mol. The molecule has 0 fully saturated rings. The second kappa shape index (κ2) is 5.28. The van der Waals surface area contributed by atoms with Gasteiger partial charge >= 0.3 is 0 Å². The van der Waals surface area contributed by atoms with E-state index >= 15 is 0 Å². The molecule has 5 heteroatoms. The summed E-state index contributed by atoms with van der Waals surface area (Å²) in [7, 11) is 0. The van der Waals surface area contributed by atoms with Gasteiger partial charge in [0.15, 0.2) is 11.5 Å². The number of pyridine rings is 1. The van der Waals surface area contributed by atoms with Crippen LogP contribution in [0.25, 0.3) is 10.9 Å². The third-order valence-electron chi connectivity index (χ3n) is 4.62. The summed E-state index contributed by atoms with van der Waals surface area (Å²) in [6.07, 6.45) is 3.21. The Labute approximate surface area is 144 Å². The zero-order chi connectivity index (χ0) is 16.1. The fraction of sp³-hybridized carbons (Fsp3) is 0.211. The van der Waals surface area contributed by atoms with Crippen molar-refractivity contribution in [2.24, 2.45) is 0 Å². The topological polar surface area (TPSA) is 43.4 Å². The van der Waals surface area contributed by atoms with Gasteiger partial charge < -0.3 is 14.8 Å². The van der Waals surface area contributed by atoms with Gasteiger partial charge in [-0.25, -0.2) is 0 Å². The molecule has 1 N–H and O–H groups in total. The number of ether oxygens (including phenoxy) is 2. The summed E-state index contributed by atoms with van der Waals surface area (Å²) in [4.78, 5) is 4.81. The van der Waals surface area contributed by atoms with Gasteiger partial charge in [0.25, 0.3) is 0 Å². The van der Waals surface area contributed by atoms with Crippen molar-refractivity contribution in [2.75, 3.05) is 12.1 Å². The van der Waals surface area contributed by atoms with Crippen molar-refractivity contribution in [3.63, 3.8) is 0 Å². The van der Waals surface area contributed by atoms with Crippen molar-refractivity contribution in [2.45, 2.75) is 19.3 Å². The number of nitrogens with zero attached hydrogens (tertiary/aromatic N) is 1. The van der Waals surface area contributed by atoms with Crippen LogP contribution in [0.15, 0.2) is 36.4 Å². The van der Waals surface area contributed by atoms with Crippen molar-refractivity contribution >= 4 is 33.9 Å². The number of hydrogen-bond donors (Lipinski definition) is 1. The van der Waals surface area contributed by atoms with E-state index in [9.17, 15) is 0 Å². The minimum atomic E-state index is 0.280. The molecule has 0 spiro atoms. The molecule has 0 saturated carbocycles. The van der Waals surface area contributed by atoms with Crippen LogP contribution in [0.1, 0.15) is 17.7 Å². The second-order valence-corrected chi connectivity index (χ2v) is 6.56. The number of hydrogen-bond acceptors (Lipinski definition) is 4. The van der Waals surface area contributed by atoms with Crippen LogP contribution in [0.3, 0.4) is 0 Å². The Balaban J connectivity index is 1.66. The van der Waals surface area contributed by atoms with Gasteiger partial charge in [-0.05, 0) is 55.2 Å². The minimum absolute atomic E-state index is 0.280. The maximum Gasteiger partial charge on any atom is 0.231 e. The van der Waals surface area contributed by atoms with E-state index < -0.39 is 0 Å². The van der Waals surface area contributed by atoms with Crippen molar-refractivity contribution in [3.05, 3.63) is 52.7 Å². The molecule has 2 aromatic carbocycles. The molecule has 4 nitrogen and oxygen atoms in total. The van der Waals surface area contributed by atoms with Gasteiger partial charge in [0.2, 0.25) is 6.79 Å². The fourth-order valence-electron chi connectivity index (χ4n) is 3.50. The highest BCUT2D eigenvalue weighted by atomic mass is 35.5. The molecule has 24 heavy (non-hydrogen) atoms. The lowest BCUT2D eigenvalue weighted by Crippen LogP contribution is -2.00. The predicted octanol–water partition coefficient (Wildman–Crippen LogP) is 4.85. The Hall–Kier alpha value is -2.46. The number of aromatic nitrogens is 1. The van der Waals surface area contributed by atoms with Crippen LogP contribution in [0.2, 0.25) is 5.02 Å². The van der Waals surface area contributed by atoms with Crippen molar-refractivity contribution in [1.82, 2.24) is 4.98 Å². The molecular weight excluding hydrogens is 324 g/mol. The molecule has 0 amide bonds. The summed E-state index contributed by atoms with van der Waals surface area (Å²) in [6, 6.07) is 11.8. The monoisotopic (exact) mass is 338 g/mol. The van der Waals surface area contributed by atoms with Crippen LogP contribution < -0.4 is 14.8 Å².